The normalized spacial score (nSPS) is 11.5. The Bertz CT molecular complexity index is 577. The van der Waals surface area contributed by atoms with Crippen LogP contribution in [0.5, 0.6) is 0 Å². The molecule has 0 unspecified atom stereocenters. The molecule has 2 heterocycles. The van der Waals surface area contributed by atoms with E-state index in [1.165, 1.54) is 19.5 Å². The Hall–Kier alpha value is -0.170. The summed E-state index contributed by atoms with van der Waals surface area (Å²) in [4.78, 5) is 3.69. The number of aryl methyl sites for hydroxylation is 2. The summed E-state index contributed by atoms with van der Waals surface area (Å²) in [6.07, 6.45) is 0.960. The number of hydrogen-bond donors (Lipinski definition) is 0. The van der Waals surface area contributed by atoms with E-state index in [-0.39, 0.29) is 0 Å². The molecule has 0 saturated heterocycles. The van der Waals surface area contributed by atoms with Crippen LogP contribution in [0.25, 0.3) is 0 Å². The zero-order chi connectivity index (χ0) is 14.7. The minimum atomic E-state index is 0.900. The van der Waals surface area contributed by atoms with Crippen LogP contribution in [-0.2, 0) is 26.1 Å². The van der Waals surface area contributed by atoms with Crippen LogP contribution in [0.15, 0.2) is 20.4 Å². The molecule has 0 atom stereocenters. The fraction of sp³-hybridized carbons (Fsp3) is 0.500. The van der Waals surface area contributed by atoms with Crippen molar-refractivity contribution in [2.24, 2.45) is 0 Å². The van der Waals surface area contributed by atoms with Gasteiger partial charge in [-0.2, -0.15) is 5.10 Å². The number of rotatable bonds is 6. The van der Waals surface area contributed by atoms with Gasteiger partial charge in [-0.3, -0.25) is 9.58 Å². The molecule has 20 heavy (non-hydrogen) atoms. The summed E-state index contributed by atoms with van der Waals surface area (Å²) in [5.41, 5.74) is 2.41. The van der Waals surface area contributed by atoms with E-state index in [9.17, 15) is 0 Å². The molecule has 0 amide bonds. The average molecular weight is 421 g/mol. The van der Waals surface area contributed by atoms with Gasteiger partial charge in [0.2, 0.25) is 0 Å². The van der Waals surface area contributed by atoms with Crippen LogP contribution in [0.3, 0.4) is 0 Å². The quantitative estimate of drug-likeness (QED) is 0.676. The summed E-state index contributed by atoms with van der Waals surface area (Å²) < 4.78 is 4.43. The van der Waals surface area contributed by atoms with Crippen molar-refractivity contribution >= 4 is 43.2 Å². The zero-order valence-corrected chi connectivity index (χ0v) is 16.0. The second-order valence-corrected chi connectivity index (χ2v) is 7.48. The van der Waals surface area contributed by atoms with E-state index in [4.69, 9.17) is 0 Å². The van der Waals surface area contributed by atoms with Gasteiger partial charge in [0, 0.05) is 34.4 Å². The minimum Gasteiger partial charge on any atom is -0.295 e. The Morgan fingerprint density at radius 2 is 2.05 bits per heavy atom. The van der Waals surface area contributed by atoms with Crippen LogP contribution in [0.2, 0.25) is 0 Å². The number of halogens is 2. The first-order valence-corrected chi connectivity index (χ1v) is 9.17. The van der Waals surface area contributed by atoms with E-state index in [2.05, 4.69) is 78.9 Å². The number of aromatic nitrogens is 2. The summed E-state index contributed by atoms with van der Waals surface area (Å²) in [5.74, 6) is 0. The van der Waals surface area contributed by atoms with Gasteiger partial charge in [-0.05, 0) is 58.3 Å². The van der Waals surface area contributed by atoms with E-state index in [0.717, 1.165) is 31.7 Å². The van der Waals surface area contributed by atoms with Gasteiger partial charge in [0.05, 0.1) is 15.9 Å². The first-order chi connectivity index (χ1) is 9.55. The van der Waals surface area contributed by atoms with Gasteiger partial charge in [-0.25, -0.2) is 0 Å². The molecular weight excluding hydrogens is 402 g/mol. The zero-order valence-electron chi connectivity index (χ0n) is 12.0. The highest BCUT2D eigenvalue weighted by Gasteiger charge is 2.15. The molecule has 0 radical (unpaired) electrons. The van der Waals surface area contributed by atoms with Crippen molar-refractivity contribution in [1.82, 2.24) is 14.7 Å². The van der Waals surface area contributed by atoms with Crippen LogP contribution in [0.4, 0.5) is 0 Å². The van der Waals surface area contributed by atoms with Gasteiger partial charge in [0.25, 0.3) is 0 Å². The predicted octanol–water partition coefficient (Wildman–Crippen LogP) is 4.68. The third kappa shape index (κ3) is 3.72. The molecule has 2 aromatic heterocycles. The van der Waals surface area contributed by atoms with Gasteiger partial charge < -0.3 is 0 Å². The van der Waals surface area contributed by atoms with Crippen molar-refractivity contribution in [1.29, 1.82) is 0 Å². The van der Waals surface area contributed by atoms with E-state index < -0.39 is 0 Å². The van der Waals surface area contributed by atoms with Crippen LogP contribution in [-0.4, -0.2) is 21.7 Å². The van der Waals surface area contributed by atoms with E-state index >= 15 is 0 Å². The van der Waals surface area contributed by atoms with Crippen LogP contribution in [0, 0.1) is 0 Å². The summed E-state index contributed by atoms with van der Waals surface area (Å²) in [6.45, 7) is 7.05. The van der Waals surface area contributed by atoms with Gasteiger partial charge in [-0.1, -0.05) is 6.92 Å². The Morgan fingerprint density at radius 1 is 1.30 bits per heavy atom. The molecule has 6 heteroatoms. The van der Waals surface area contributed by atoms with Crippen molar-refractivity contribution in [3.63, 3.8) is 0 Å². The molecule has 2 rings (SSSR count). The molecule has 0 aromatic carbocycles. The van der Waals surface area contributed by atoms with Crippen molar-refractivity contribution in [3.8, 4) is 0 Å². The molecule has 0 N–H and O–H groups in total. The maximum absolute atomic E-state index is 4.65. The lowest BCUT2D eigenvalue weighted by atomic mass is 10.3. The topological polar surface area (TPSA) is 21.1 Å². The average Bonchev–Trinajstić information content (AvgIpc) is 2.95. The number of hydrogen-bond acceptors (Lipinski definition) is 3. The Morgan fingerprint density at radius 3 is 2.60 bits per heavy atom. The summed E-state index contributed by atoms with van der Waals surface area (Å²) in [7, 11) is 2.15. The summed E-state index contributed by atoms with van der Waals surface area (Å²) >= 11 is 9.00. The third-order valence-electron chi connectivity index (χ3n) is 3.16. The maximum atomic E-state index is 4.65. The number of thiophene rings is 1. The molecular formula is C14H19Br2N3S. The van der Waals surface area contributed by atoms with Crippen LogP contribution in [0.1, 0.15) is 30.1 Å². The highest BCUT2D eigenvalue weighted by molar-refractivity contribution is 9.10. The first kappa shape index (κ1) is 16.2. The molecule has 110 valence electrons. The van der Waals surface area contributed by atoms with Crippen LogP contribution < -0.4 is 0 Å². The molecule has 2 aromatic rings. The fourth-order valence-electron chi connectivity index (χ4n) is 2.18. The summed E-state index contributed by atoms with van der Waals surface area (Å²) in [5, 5.41) is 6.78. The van der Waals surface area contributed by atoms with Gasteiger partial charge in [-0.15, -0.1) is 11.3 Å². The predicted molar refractivity (Wildman–Crippen MR) is 92.2 cm³/mol. The van der Waals surface area contributed by atoms with Crippen molar-refractivity contribution < 1.29 is 0 Å². The molecule has 0 aliphatic carbocycles. The molecule has 0 aliphatic rings. The summed E-state index contributed by atoms with van der Waals surface area (Å²) in [6, 6.07) is 2.19. The third-order valence-corrected chi connectivity index (χ3v) is 5.76. The van der Waals surface area contributed by atoms with E-state index in [0.29, 0.717) is 0 Å². The SMILES string of the molecule is CCc1nn(CC)c(CN(C)Cc2cc(Br)cs2)c1Br. The fourth-order valence-corrected chi connectivity index (χ4v) is 4.40. The Kier molecular flexibility index (Phi) is 5.84. The second-order valence-electron chi connectivity index (χ2n) is 4.78. The standard InChI is InChI=1S/C14H19Br2N3S/c1-4-12-14(16)13(19(5-2)17-12)8-18(3)7-11-6-10(15)9-20-11/h6,9H,4-5,7-8H2,1-3H3. The highest BCUT2D eigenvalue weighted by atomic mass is 79.9. The Balaban J connectivity index is 2.10. The molecule has 0 aliphatic heterocycles. The monoisotopic (exact) mass is 419 g/mol. The highest BCUT2D eigenvalue weighted by Crippen LogP contribution is 2.25. The largest absolute Gasteiger partial charge is 0.295 e. The van der Waals surface area contributed by atoms with E-state index in [1.807, 2.05) is 0 Å². The van der Waals surface area contributed by atoms with Crippen molar-refractivity contribution in [3.05, 3.63) is 36.7 Å². The maximum Gasteiger partial charge on any atom is 0.0767 e. The molecule has 0 fully saturated rings. The van der Waals surface area contributed by atoms with Gasteiger partial charge in [0.1, 0.15) is 0 Å². The lowest BCUT2D eigenvalue weighted by molar-refractivity contribution is 0.309. The number of nitrogens with zero attached hydrogens (tertiary/aromatic N) is 3. The lowest BCUT2D eigenvalue weighted by Crippen LogP contribution is -2.19. The lowest BCUT2D eigenvalue weighted by Gasteiger charge is -2.16. The first-order valence-electron chi connectivity index (χ1n) is 6.70. The van der Waals surface area contributed by atoms with Crippen molar-refractivity contribution in [2.45, 2.75) is 39.9 Å². The van der Waals surface area contributed by atoms with Gasteiger partial charge in [0.15, 0.2) is 0 Å². The minimum absolute atomic E-state index is 0.900. The second kappa shape index (κ2) is 7.20. The molecule has 0 saturated carbocycles. The molecule has 3 nitrogen and oxygen atoms in total. The van der Waals surface area contributed by atoms with E-state index in [1.54, 1.807) is 11.3 Å². The molecule has 0 bridgehead atoms. The molecule has 0 spiro atoms. The smallest absolute Gasteiger partial charge is 0.0767 e. The van der Waals surface area contributed by atoms with Crippen molar-refractivity contribution in [2.75, 3.05) is 7.05 Å². The van der Waals surface area contributed by atoms with Gasteiger partial charge >= 0.3 is 0 Å². The van der Waals surface area contributed by atoms with Crippen LogP contribution >= 0.6 is 43.2 Å². The Labute approximate surface area is 141 Å².